The molecule has 3 heterocycles. The number of likely N-dealkylation sites (N-methyl/N-ethyl adjacent to an activating group) is 1. The van der Waals surface area contributed by atoms with E-state index < -0.39 is 0 Å². The van der Waals surface area contributed by atoms with Gasteiger partial charge in [-0.3, -0.25) is 4.79 Å². The molecule has 1 aromatic carbocycles. The first-order chi connectivity index (χ1) is 13.7. The van der Waals surface area contributed by atoms with Crippen LogP contribution >= 0.6 is 0 Å². The smallest absolute Gasteiger partial charge is 0.249 e. The first-order valence-electron chi connectivity index (χ1n) is 9.66. The monoisotopic (exact) mass is 382 g/mol. The number of hydrogen-bond acceptors (Lipinski definition) is 8. The Bertz CT molecular complexity index is 783. The molecule has 2 aliphatic rings. The van der Waals surface area contributed by atoms with E-state index in [1.54, 1.807) is 11.1 Å². The number of rotatable bonds is 5. The summed E-state index contributed by atoms with van der Waals surface area (Å²) in [4.78, 5) is 24.1. The summed E-state index contributed by atoms with van der Waals surface area (Å²) in [6, 6.07) is 8.35. The van der Waals surface area contributed by atoms with Crippen LogP contribution in [0.25, 0.3) is 0 Å². The van der Waals surface area contributed by atoms with Crippen LogP contribution in [-0.2, 0) is 4.79 Å². The van der Waals surface area contributed by atoms with Crippen molar-refractivity contribution in [3.8, 4) is 0 Å². The van der Waals surface area contributed by atoms with E-state index in [0.717, 1.165) is 57.2 Å². The molecule has 1 aromatic heterocycles. The summed E-state index contributed by atoms with van der Waals surface area (Å²) in [6.45, 7) is 7.17. The highest BCUT2D eigenvalue weighted by Gasteiger charge is 2.18. The number of carbonyl (C=O) groups is 1. The Balaban J connectivity index is 1.38. The number of carbonyl (C=O) groups excluding carboxylic acids is 1. The molecule has 9 nitrogen and oxygen atoms in total. The van der Waals surface area contributed by atoms with Gasteiger partial charge in [0.05, 0.1) is 6.20 Å². The van der Waals surface area contributed by atoms with Gasteiger partial charge in [0, 0.05) is 63.7 Å². The van der Waals surface area contributed by atoms with E-state index in [2.05, 4.69) is 54.4 Å². The van der Waals surface area contributed by atoms with Crippen LogP contribution in [0.5, 0.6) is 0 Å². The van der Waals surface area contributed by atoms with Crippen LogP contribution in [0.2, 0.25) is 0 Å². The normalized spacial score (nSPS) is 18.2. The number of aromatic nitrogens is 3. The number of piperazine rings is 2. The molecular weight excluding hydrogens is 356 g/mol. The molecule has 1 N–H and O–H groups in total. The van der Waals surface area contributed by atoms with Crippen LogP contribution in [0, 0.1) is 0 Å². The van der Waals surface area contributed by atoms with Crippen LogP contribution in [0.4, 0.5) is 23.1 Å². The van der Waals surface area contributed by atoms with Crippen LogP contribution in [0.1, 0.15) is 0 Å². The van der Waals surface area contributed by atoms with E-state index in [1.807, 2.05) is 12.1 Å². The van der Waals surface area contributed by atoms with Crippen molar-refractivity contribution in [1.82, 2.24) is 25.0 Å². The molecule has 2 saturated heterocycles. The molecule has 0 spiro atoms. The van der Waals surface area contributed by atoms with Gasteiger partial charge in [0.1, 0.15) is 0 Å². The van der Waals surface area contributed by atoms with Gasteiger partial charge in [-0.1, -0.05) is 0 Å². The Morgan fingerprint density at radius 3 is 2.29 bits per heavy atom. The molecular formula is C19H26N8O. The Hall–Kier alpha value is -2.94. The van der Waals surface area contributed by atoms with Gasteiger partial charge in [0.25, 0.3) is 0 Å². The summed E-state index contributed by atoms with van der Waals surface area (Å²) in [7, 11) is 2.16. The van der Waals surface area contributed by atoms with Crippen molar-refractivity contribution in [2.24, 2.45) is 0 Å². The maximum atomic E-state index is 10.9. The molecule has 0 aliphatic carbocycles. The molecule has 0 unspecified atom stereocenters. The largest absolute Gasteiger partial charge is 0.369 e. The SMILES string of the molecule is CN1CCN(c2ccc(Nc3nncc(N4CCN(C=O)CC4)n3)cc2)CC1. The zero-order chi connectivity index (χ0) is 19.3. The highest BCUT2D eigenvalue weighted by Crippen LogP contribution is 2.21. The summed E-state index contributed by atoms with van der Waals surface area (Å²) >= 11 is 0. The van der Waals surface area contributed by atoms with Crippen molar-refractivity contribution < 1.29 is 4.79 Å². The second-order valence-corrected chi connectivity index (χ2v) is 7.23. The van der Waals surface area contributed by atoms with Gasteiger partial charge < -0.3 is 24.9 Å². The molecule has 0 saturated carbocycles. The predicted octanol–water partition coefficient (Wildman–Crippen LogP) is 0.645. The van der Waals surface area contributed by atoms with Crippen molar-refractivity contribution in [1.29, 1.82) is 0 Å². The fraction of sp³-hybridized carbons (Fsp3) is 0.474. The van der Waals surface area contributed by atoms with Crippen LogP contribution < -0.4 is 15.1 Å². The van der Waals surface area contributed by atoms with Crippen molar-refractivity contribution in [2.75, 3.05) is 74.5 Å². The number of nitrogens with one attached hydrogen (secondary N) is 1. The Kier molecular flexibility index (Phi) is 5.52. The maximum Gasteiger partial charge on any atom is 0.249 e. The van der Waals surface area contributed by atoms with E-state index in [4.69, 9.17) is 0 Å². The third-order valence-electron chi connectivity index (χ3n) is 5.33. The molecule has 4 rings (SSSR count). The fourth-order valence-corrected chi connectivity index (χ4v) is 3.51. The number of hydrogen-bond donors (Lipinski definition) is 1. The second kappa shape index (κ2) is 8.39. The third-order valence-corrected chi connectivity index (χ3v) is 5.33. The summed E-state index contributed by atoms with van der Waals surface area (Å²) in [5, 5.41) is 11.4. The van der Waals surface area contributed by atoms with E-state index in [-0.39, 0.29) is 0 Å². The lowest BCUT2D eigenvalue weighted by atomic mass is 10.2. The molecule has 0 radical (unpaired) electrons. The van der Waals surface area contributed by atoms with Gasteiger partial charge in [-0.2, -0.15) is 10.1 Å². The van der Waals surface area contributed by atoms with E-state index >= 15 is 0 Å². The van der Waals surface area contributed by atoms with Gasteiger partial charge in [-0.25, -0.2) is 0 Å². The number of amides is 1. The minimum atomic E-state index is 0.475. The zero-order valence-corrected chi connectivity index (χ0v) is 16.2. The molecule has 148 valence electrons. The van der Waals surface area contributed by atoms with Crippen LogP contribution in [0.3, 0.4) is 0 Å². The first-order valence-corrected chi connectivity index (χ1v) is 9.66. The zero-order valence-electron chi connectivity index (χ0n) is 16.2. The molecule has 2 fully saturated rings. The van der Waals surface area contributed by atoms with Crippen LogP contribution in [-0.4, -0.2) is 90.8 Å². The number of anilines is 4. The molecule has 2 aliphatic heterocycles. The fourth-order valence-electron chi connectivity index (χ4n) is 3.51. The highest BCUT2D eigenvalue weighted by molar-refractivity contribution is 5.60. The highest BCUT2D eigenvalue weighted by atomic mass is 16.1. The maximum absolute atomic E-state index is 10.9. The number of benzene rings is 1. The topological polar surface area (TPSA) is 80.7 Å². The summed E-state index contributed by atoms with van der Waals surface area (Å²) in [5.41, 5.74) is 2.17. The minimum absolute atomic E-state index is 0.475. The van der Waals surface area contributed by atoms with Crippen molar-refractivity contribution >= 4 is 29.6 Å². The van der Waals surface area contributed by atoms with Gasteiger partial charge >= 0.3 is 0 Å². The van der Waals surface area contributed by atoms with Crippen molar-refractivity contribution in [3.63, 3.8) is 0 Å². The van der Waals surface area contributed by atoms with Gasteiger partial charge in [0.2, 0.25) is 12.4 Å². The molecule has 9 heteroatoms. The summed E-state index contributed by atoms with van der Waals surface area (Å²) < 4.78 is 0. The average Bonchev–Trinajstić information content (AvgIpc) is 2.75. The lowest BCUT2D eigenvalue weighted by Gasteiger charge is -2.34. The van der Waals surface area contributed by atoms with E-state index in [0.29, 0.717) is 19.0 Å². The quantitative estimate of drug-likeness (QED) is 0.755. The lowest BCUT2D eigenvalue weighted by Crippen LogP contribution is -2.46. The van der Waals surface area contributed by atoms with Gasteiger partial charge in [-0.05, 0) is 31.3 Å². The van der Waals surface area contributed by atoms with Gasteiger partial charge in [0.15, 0.2) is 5.82 Å². The van der Waals surface area contributed by atoms with E-state index in [9.17, 15) is 4.79 Å². The van der Waals surface area contributed by atoms with Crippen molar-refractivity contribution in [3.05, 3.63) is 30.5 Å². The molecule has 1 amide bonds. The minimum Gasteiger partial charge on any atom is -0.369 e. The summed E-state index contributed by atoms with van der Waals surface area (Å²) in [6.07, 6.45) is 2.56. The lowest BCUT2D eigenvalue weighted by molar-refractivity contribution is -0.118. The van der Waals surface area contributed by atoms with Crippen molar-refractivity contribution in [2.45, 2.75) is 0 Å². The standard InChI is InChI=1S/C19H26N8O/c1-24-6-10-26(11-7-24)17-4-2-16(3-5-17)21-19-22-18(14-20-23-19)27-12-8-25(15-28)9-13-27/h2-5,14-15H,6-13H2,1H3,(H,21,22,23). The Labute approximate surface area is 165 Å². The second-order valence-electron chi connectivity index (χ2n) is 7.23. The average molecular weight is 382 g/mol. The number of nitrogens with zero attached hydrogens (tertiary/aromatic N) is 7. The van der Waals surface area contributed by atoms with E-state index in [1.165, 1.54) is 5.69 Å². The Morgan fingerprint density at radius 2 is 1.61 bits per heavy atom. The first kappa shape index (κ1) is 18.4. The Morgan fingerprint density at radius 1 is 0.929 bits per heavy atom. The molecule has 2 aromatic rings. The molecule has 28 heavy (non-hydrogen) atoms. The molecule has 0 atom stereocenters. The molecule has 0 bridgehead atoms. The van der Waals surface area contributed by atoms with Crippen LogP contribution in [0.15, 0.2) is 30.5 Å². The third kappa shape index (κ3) is 4.30. The predicted molar refractivity (Wildman–Crippen MR) is 109 cm³/mol. The van der Waals surface area contributed by atoms with Gasteiger partial charge in [-0.15, -0.1) is 5.10 Å². The summed E-state index contributed by atoms with van der Waals surface area (Å²) in [5.74, 6) is 1.25.